The molecule has 1 rings (SSSR count). The Balaban J connectivity index is 3.14. The monoisotopic (exact) mass is 269 g/mol. The molecule has 3 heteroatoms. The van der Waals surface area contributed by atoms with Crippen molar-refractivity contribution in [1.82, 2.24) is 0 Å². The average molecular weight is 270 g/mol. The predicted octanol–water partition coefficient (Wildman–Crippen LogP) is 3.10. The SMILES string of the molecule is CC(N)C(=O)c1cc(Br)cc(C(C)C)c1. The Hall–Kier alpha value is -0.670. The smallest absolute Gasteiger partial charge is 0.179 e. The van der Waals surface area contributed by atoms with Crippen molar-refractivity contribution in [2.45, 2.75) is 32.7 Å². The van der Waals surface area contributed by atoms with Crippen molar-refractivity contribution < 1.29 is 4.79 Å². The molecule has 82 valence electrons. The van der Waals surface area contributed by atoms with Crippen LogP contribution in [-0.2, 0) is 0 Å². The third-order valence-corrected chi connectivity index (χ3v) is 2.74. The topological polar surface area (TPSA) is 43.1 Å². The highest BCUT2D eigenvalue weighted by Gasteiger charge is 2.13. The number of nitrogens with two attached hydrogens (primary N) is 1. The van der Waals surface area contributed by atoms with Gasteiger partial charge in [0, 0.05) is 10.0 Å². The van der Waals surface area contributed by atoms with Crippen LogP contribution in [0.25, 0.3) is 0 Å². The third kappa shape index (κ3) is 3.14. The average Bonchev–Trinajstić information content (AvgIpc) is 2.15. The summed E-state index contributed by atoms with van der Waals surface area (Å²) >= 11 is 3.41. The van der Waals surface area contributed by atoms with Gasteiger partial charge in [0.25, 0.3) is 0 Å². The molecule has 0 aliphatic rings. The largest absolute Gasteiger partial charge is 0.321 e. The van der Waals surface area contributed by atoms with E-state index in [1.165, 1.54) is 0 Å². The zero-order valence-electron chi connectivity index (χ0n) is 9.25. The molecule has 0 amide bonds. The summed E-state index contributed by atoms with van der Waals surface area (Å²) in [5, 5.41) is 0. The van der Waals surface area contributed by atoms with E-state index < -0.39 is 6.04 Å². The molecular weight excluding hydrogens is 254 g/mol. The molecule has 0 spiro atoms. The van der Waals surface area contributed by atoms with Crippen molar-refractivity contribution >= 4 is 21.7 Å². The van der Waals surface area contributed by atoms with Gasteiger partial charge in [-0.1, -0.05) is 29.8 Å². The molecule has 1 aromatic rings. The summed E-state index contributed by atoms with van der Waals surface area (Å²) in [6, 6.07) is 5.32. The van der Waals surface area contributed by atoms with E-state index in [4.69, 9.17) is 5.73 Å². The van der Waals surface area contributed by atoms with E-state index in [9.17, 15) is 4.79 Å². The molecule has 0 heterocycles. The standard InChI is InChI=1S/C12H16BrNO/c1-7(2)9-4-10(6-11(13)5-9)12(15)8(3)14/h4-8H,14H2,1-3H3. The fraction of sp³-hybridized carbons (Fsp3) is 0.417. The fourth-order valence-corrected chi connectivity index (χ4v) is 1.86. The second-order valence-electron chi connectivity index (χ2n) is 4.08. The van der Waals surface area contributed by atoms with Crippen molar-refractivity contribution in [3.8, 4) is 0 Å². The van der Waals surface area contributed by atoms with Gasteiger partial charge < -0.3 is 5.73 Å². The Morgan fingerprint density at radius 3 is 2.33 bits per heavy atom. The molecule has 0 fully saturated rings. The molecule has 15 heavy (non-hydrogen) atoms. The summed E-state index contributed by atoms with van der Waals surface area (Å²) in [6.07, 6.45) is 0. The highest BCUT2D eigenvalue weighted by atomic mass is 79.9. The Morgan fingerprint density at radius 1 is 1.27 bits per heavy atom. The Kier molecular flexibility index (Phi) is 4.05. The zero-order chi connectivity index (χ0) is 11.6. The minimum Gasteiger partial charge on any atom is -0.321 e. The normalized spacial score (nSPS) is 12.9. The maximum atomic E-state index is 11.7. The van der Waals surface area contributed by atoms with Crippen molar-refractivity contribution in [1.29, 1.82) is 0 Å². The minimum absolute atomic E-state index is 0.0156. The number of hydrogen-bond acceptors (Lipinski definition) is 2. The summed E-state index contributed by atoms with van der Waals surface area (Å²) in [5.74, 6) is 0.389. The van der Waals surface area contributed by atoms with Gasteiger partial charge in [0.1, 0.15) is 0 Å². The van der Waals surface area contributed by atoms with Gasteiger partial charge in [-0.25, -0.2) is 0 Å². The molecule has 1 atom stereocenters. The van der Waals surface area contributed by atoms with Gasteiger partial charge in [0.2, 0.25) is 0 Å². The van der Waals surface area contributed by atoms with Crippen molar-refractivity contribution in [2.24, 2.45) is 5.73 Å². The molecule has 0 aromatic heterocycles. The van der Waals surface area contributed by atoms with Crippen LogP contribution >= 0.6 is 15.9 Å². The molecule has 0 bridgehead atoms. The number of benzene rings is 1. The summed E-state index contributed by atoms with van der Waals surface area (Å²) in [6.45, 7) is 5.90. The predicted molar refractivity (Wildman–Crippen MR) is 66.2 cm³/mol. The lowest BCUT2D eigenvalue weighted by molar-refractivity contribution is 0.0968. The molecule has 0 radical (unpaired) electrons. The van der Waals surface area contributed by atoms with E-state index in [1.807, 2.05) is 18.2 Å². The molecule has 0 aliphatic carbocycles. The third-order valence-electron chi connectivity index (χ3n) is 2.28. The Labute approximate surface area is 99.0 Å². The number of ketones is 1. The summed E-state index contributed by atoms with van der Waals surface area (Å²) in [5.41, 5.74) is 7.41. The Bertz CT molecular complexity index is 372. The van der Waals surface area contributed by atoms with E-state index in [0.29, 0.717) is 11.5 Å². The fourth-order valence-electron chi connectivity index (χ4n) is 1.35. The van der Waals surface area contributed by atoms with Crippen molar-refractivity contribution in [3.05, 3.63) is 33.8 Å². The highest BCUT2D eigenvalue weighted by Crippen LogP contribution is 2.22. The molecule has 2 N–H and O–H groups in total. The van der Waals surface area contributed by atoms with Crippen LogP contribution in [-0.4, -0.2) is 11.8 Å². The molecule has 2 nitrogen and oxygen atoms in total. The molecule has 0 saturated carbocycles. The number of halogens is 1. The van der Waals surface area contributed by atoms with Crippen LogP contribution in [0.2, 0.25) is 0 Å². The quantitative estimate of drug-likeness (QED) is 0.857. The van der Waals surface area contributed by atoms with E-state index in [2.05, 4.69) is 29.8 Å². The maximum absolute atomic E-state index is 11.7. The van der Waals surface area contributed by atoms with Gasteiger partial charge in [-0.2, -0.15) is 0 Å². The van der Waals surface area contributed by atoms with Crippen LogP contribution in [0.5, 0.6) is 0 Å². The maximum Gasteiger partial charge on any atom is 0.179 e. The minimum atomic E-state index is -0.445. The Morgan fingerprint density at radius 2 is 1.87 bits per heavy atom. The summed E-state index contributed by atoms with van der Waals surface area (Å²) in [4.78, 5) is 11.7. The molecule has 0 aliphatic heterocycles. The lowest BCUT2D eigenvalue weighted by Gasteiger charge is -2.10. The van der Waals surface area contributed by atoms with Crippen molar-refractivity contribution in [2.75, 3.05) is 0 Å². The molecule has 0 saturated heterocycles. The van der Waals surface area contributed by atoms with Crippen LogP contribution in [0, 0.1) is 0 Å². The highest BCUT2D eigenvalue weighted by molar-refractivity contribution is 9.10. The molecule has 1 aromatic carbocycles. The van der Waals surface area contributed by atoms with E-state index in [-0.39, 0.29) is 5.78 Å². The van der Waals surface area contributed by atoms with Crippen LogP contribution in [0.4, 0.5) is 0 Å². The first kappa shape index (κ1) is 12.4. The van der Waals surface area contributed by atoms with Gasteiger partial charge in [0.15, 0.2) is 5.78 Å². The summed E-state index contributed by atoms with van der Waals surface area (Å²) < 4.78 is 0.928. The van der Waals surface area contributed by atoms with Gasteiger partial charge >= 0.3 is 0 Å². The second-order valence-corrected chi connectivity index (χ2v) is 5.00. The lowest BCUT2D eigenvalue weighted by Crippen LogP contribution is -2.26. The first-order valence-corrected chi connectivity index (χ1v) is 5.81. The van der Waals surface area contributed by atoms with E-state index in [1.54, 1.807) is 6.92 Å². The molecule has 1 unspecified atom stereocenters. The second kappa shape index (κ2) is 4.90. The lowest BCUT2D eigenvalue weighted by atomic mass is 9.97. The van der Waals surface area contributed by atoms with E-state index >= 15 is 0 Å². The number of rotatable bonds is 3. The number of carbonyl (C=O) groups excluding carboxylic acids is 1. The first-order valence-electron chi connectivity index (χ1n) is 5.02. The van der Waals surface area contributed by atoms with Gasteiger partial charge in [-0.3, -0.25) is 4.79 Å². The van der Waals surface area contributed by atoms with Crippen LogP contribution in [0.3, 0.4) is 0 Å². The molecular formula is C12H16BrNO. The van der Waals surface area contributed by atoms with Gasteiger partial charge in [-0.15, -0.1) is 0 Å². The van der Waals surface area contributed by atoms with E-state index in [0.717, 1.165) is 10.0 Å². The number of Topliss-reactive ketones (excluding diaryl/α,β-unsaturated/α-hetero) is 1. The van der Waals surface area contributed by atoms with Gasteiger partial charge in [0.05, 0.1) is 6.04 Å². The number of hydrogen-bond donors (Lipinski definition) is 1. The van der Waals surface area contributed by atoms with Crippen LogP contribution in [0.15, 0.2) is 22.7 Å². The zero-order valence-corrected chi connectivity index (χ0v) is 10.8. The van der Waals surface area contributed by atoms with Crippen molar-refractivity contribution in [3.63, 3.8) is 0 Å². The summed E-state index contributed by atoms with van der Waals surface area (Å²) in [7, 11) is 0. The van der Waals surface area contributed by atoms with Gasteiger partial charge in [-0.05, 0) is 36.6 Å². The first-order chi connectivity index (χ1) is 6.91. The van der Waals surface area contributed by atoms with Crippen LogP contribution < -0.4 is 5.73 Å². The van der Waals surface area contributed by atoms with Crippen LogP contribution in [0.1, 0.15) is 42.6 Å². The number of carbonyl (C=O) groups is 1.